The van der Waals surface area contributed by atoms with E-state index in [9.17, 15) is 4.79 Å². The average Bonchev–Trinajstić information content (AvgIpc) is 3.06. The molecule has 0 atom stereocenters. The molecule has 0 spiro atoms. The molecular weight excluding hydrogens is 298 g/mol. The van der Waals surface area contributed by atoms with Gasteiger partial charge in [0.25, 0.3) is 0 Å². The summed E-state index contributed by atoms with van der Waals surface area (Å²) in [5.41, 5.74) is 4.70. The Labute approximate surface area is 130 Å². The van der Waals surface area contributed by atoms with E-state index in [-0.39, 0.29) is 5.69 Å². The number of nitrogens with zero attached hydrogens (tertiary/aromatic N) is 3. The summed E-state index contributed by atoms with van der Waals surface area (Å²) in [5.74, 6) is 0.362. The van der Waals surface area contributed by atoms with Crippen LogP contribution in [-0.2, 0) is 19.6 Å². The predicted molar refractivity (Wildman–Crippen MR) is 84.1 cm³/mol. The van der Waals surface area contributed by atoms with Gasteiger partial charge in [0.1, 0.15) is 6.61 Å². The number of hydrogen-bond donors (Lipinski definition) is 0. The van der Waals surface area contributed by atoms with Gasteiger partial charge < -0.3 is 4.74 Å². The van der Waals surface area contributed by atoms with E-state index in [4.69, 9.17) is 4.74 Å². The highest BCUT2D eigenvalue weighted by atomic mass is 32.1. The topological polar surface area (TPSA) is 57.0 Å². The lowest BCUT2D eigenvalue weighted by Gasteiger charge is -2.21. The summed E-state index contributed by atoms with van der Waals surface area (Å²) in [6.07, 6.45) is 2.61. The van der Waals surface area contributed by atoms with Gasteiger partial charge in [0.05, 0.1) is 16.1 Å². The molecule has 0 bridgehead atoms. The minimum Gasteiger partial charge on any atom is -0.472 e. The molecule has 0 saturated heterocycles. The number of benzene rings is 1. The quantitative estimate of drug-likeness (QED) is 0.746. The molecule has 110 valence electrons. The summed E-state index contributed by atoms with van der Waals surface area (Å²) in [6.45, 7) is 1.04. The Morgan fingerprint density at radius 1 is 1.32 bits per heavy atom. The molecule has 0 fully saturated rings. The Morgan fingerprint density at radius 3 is 3.09 bits per heavy atom. The van der Waals surface area contributed by atoms with Crippen molar-refractivity contribution in [3.05, 3.63) is 63.0 Å². The lowest BCUT2D eigenvalue weighted by Crippen LogP contribution is -2.28. The number of aryl methyl sites for hydroxylation is 1. The van der Waals surface area contributed by atoms with Gasteiger partial charge in [0, 0.05) is 24.4 Å². The van der Waals surface area contributed by atoms with Crippen LogP contribution in [0.4, 0.5) is 0 Å². The molecule has 0 aliphatic carbocycles. The van der Waals surface area contributed by atoms with Crippen molar-refractivity contribution in [2.45, 2.75) is 19.6 Å². The summed E-state index contributed by atoms with van der Waals surface area (Å²) in [7, 11) is 0. The van der Waals surface area contributed by atoms with Crippen LogP contribution in [0, 0.1) is 0 Å². The molecule has 1 aliphatic rings. The summed E-state index contributed by atoms with van der Waals surface area (Å²) in [6, 6.07) is 9.99. The van der Waals surface area contributed by atoms with Gasteiger partial charge in [0.15, 0.2) is 0 Å². The third-order valence-electron chi connectivity index (χ3n) is 3.73. The minimum atomic E-state index is -0.258. The predicted octanol–water partition coefficient (Wildman–Crippen LogP) is 2.50. The second kappa shape index (κ2) is 5.38. The van der Waals surface area contributed by atoms with Gasteiger partial charge in [-0.15, -0.1) is 11.3 Å². The molecule has 22 heavy (non-hydrogen) atoms. The van der Waals surface area contributed by atoms with Gasteiger partial charge in [-0.3, -0.25) is 9.55 Å². The fourth-order valence-electron chi connectivity index (χ4n) is 2.68. The van der Waals surface area contributed by atoms with Gasteiger partial charge in [-0.1, -0.05) is 24.3 Å². The van der Waals surface area contributed by atoms with Crippen molar-refractivity contribution in [3.63, 3.8) is 0 Å². The minimum absolute atomic E-state index is 0.258. The SMILES string of the molecule is O=c1nc(OCc2cncs2)cc2n1CCc1ccccc1-2. The number of aromatic nitrogens is 3. The summed E-state index contributed by atoms with van der Waals surface area (Å²) in [4.78, 5) is 21.3. The van der Waals surface area contributed by atoms with E-state index in [0.29, 0.717) is 19.0 Å². The summed E-state index contributed by atoms with van der Waals surface area (Å²) in [5, 5.41) is 0. The zero-order valence-electron chi connectivity index (χ0n) is 11.7. The molecule has 0 N–H and O–H groups in total. The van der Waals surface area contributed by atoms with Crippen LogP contribution in [0.5, 0.6) is 5.88 Å². The normalized spacial score (nSPS) is 12.5. The Hall–Kier alpha value is -2.47. The fraction of sp³-hybridized carbons (Fsp3) is 0.188. The molecule has 3 aromatic rings. The molecule has 5 nitrogen and oxygen atoms in total. The van der Waals surface area contributed by atoms with Crippen LogP contribution in [0.2, 0.25) is 0 Å². The van der Waals surface area contributed by atoms with Crippen LogP contribution in [-0.4, -0.2) is 14.5 Å². The molecule has 1 aromatic carbocycles. The van der Waals surface area contributed by atoms with Gasteiger partial charge in [-0.05, 0) is 12.0 Å². The second-order valence-electron chi connectivity index (χ2n) is 5.08. The van der Waals surface area contributed by atoms with Crippen LogP contribution >= 0.6 is 11.3 Å². The first-order chi connectivity index (χ1) is 10.8. The largest absolute Gasteiger partial charge is 0.472 e. The van der Waals surface area contributed by atoms with Gasteiger partial charge in [-0.2, -0.15) is 4.98 Å². The maximum atomic E-state index is 12.2. The molecule has 6 heteroatoms. The summed E-state index contributed by atoms with van der Waals surface area (Å²) < 4.78 is 7.37. The molecular formula is C16H13N3O2S. The van der Waals surface area contributed by atoms with E-state index in [2.05, 4.69) is 16.0 Å². The maximum absolute atomic E-state index is 12.2. The zero-order chi connectivity index (χ0) is 14.9. The Bertz CT molecular complexity index is 871. The van der Waals surface area contributed by atoms with Crippen LogP contribution in [0.3, 0.4) is 0 Å². The van der Waals surface area contributed by atoms with E-state index < -0.39 is 0 Å². The van der Waals surface area contributed by atoms with Crippen LogP contribution < -0.4 is 10.4 Å². The van der Waals surface area contributed by atoms with E-state index in [1.54, 1.807) is 16.3 Å². The van der Waals surface area contributed by atoms with Crippen LogP contribution in [0.25, 0.3) is 11.3 Å². The number of fused-ring (bicyclic) bond motifs is 3. The highest BCUT2D eigenvalue weighted by Crippen LogP contribution is 2.29. The van der Waals surface area contributed by atoms with Crippen LogP contribution in [0.15, 0.2) is 46.8 Å². The van der Waals surface area contributed by atoms with E-state index >= 15 is 0 Å². The molecule has 0 unspecified atom stereocenters. The summed E-state index contributed by atoms with van der Waals surface area (Å²) >= 11 is 1.52. The monoisotopic (exact) mass is 311 g/mol. The zero-order valence-corrected chi connectivity index (χ0v) is 12.5. The van der Waals surface area contributed by atoms with Crippen molar-refractivity contribution in [1.29, 1.82) is 0 Å². The van der Waals surface area contributed by atoms with Crippen molar-refractivity contribution in [3.8, 4) is 17.1 Å². The van der Waals surface area contributed by atoms with Crippen molar-refractivity contribution in [1.82, 2.24) is 14.5 Å². The number of ether oxygens (including phenoxy) is 1. The number of rotatable bonds is 3. The van der Waals surface area contributed by atoms with Crippen molar-refractivity contribution in [2.75, 3.05) is 0 Å². The van der Waals surface area contributed by atoms with Crippen LogP contribution in [0.1, 0.15) is 10.4 Å². The average molecular weight is 311 g/mol. The van der Waals surface area contributed by atoms with E-state index in [1.807, 2.05) is 24.3 Å². The number of thiazole rings is 1. The van der Waals surface area contributed by atoms with Gasteiger partial charge in [0.2, 0.25) is 5.88 Å². The van der Waals surface area contributed by atoms with Crippen molar-refractivity contribution < 1.29 is 4.74 Å². The van der Waals surface area contributed by atoms with E-state index in [1.165, 1.54) is 16.9 Å². The van der Waals surface area contributed by atoms with Crippen molar-refractivity contribution >= 4 is 11.3 Å². The smallest absolute Gasteiger partial charge is 0.351 e. The van der Waals surface area contributed by atoms with Gasteiger partial charge >= 0.3 is 5.69 Å². The fourth-order valence-corrected chi connectivity index (χ4v) is 3.18. The molecule has 0 radical (unpaired) electrons. The molecule has 1 aliphatic heterocycles. The first kappa shape index (κ1) is 13.2. The second-order valence-corrected chi connectivity index (χ2v) is 6.05. The standard InChI is InChI=1S/C16H13N3O2S/c20-16-18-15(21-9-12-8-17-10-22-12)7-14-13-4-2-1-3-11(13)5-6-19(14)16/h1-4,7-8,10H,5-6,9H2. The lowest BCUT2D eigenvalue weighted by molar-refractivity contribution is 0.294. The third-order valence-corrected chi connectivity index (χ3v) is 4.48. The maximum Gasteiger partial charge on any atom is 0.351 e. The Kier molecular flexibility index (Phi) is 3.23. The first-order valence-corrected chi connectivity index (χ1v) is 7.89. The van der Waals surface area contributed by atoms with Crippen molar-refractivity contribution in [2.24, 2.45) is 0 Å². The highest BCUT2D eigenvalue weighted by molar-refractivity contribution is 7.09. The molecule has 2 aromatic heterocycles. The van der Waals surface area contributed by atoms with Gasteiger partial charge in [-0.25, -0.2) is 4.79 Å². The molecule has 0 amide bonds. The highest BCUT2D eigenvalue weighted by Gasteiger charge is 2.18. The Balaban J connectivity index is 1.72. The third kappa shape index (κ3) is 2.31. The molecule has 3 heterocycles. The first-order valence-electron chi connectivity index (χ1n) is 7.01. The van der Waals surface area contributed by atoms with E-state index in [0.717, 1.165) is 22.6 Å². The molecule has 0 saturated carbocycles. The number of hydrogen-bond acceptors (Lipinski definition) is 5. The lowest BCUT2D eigenvalue weighted by atomic mass is 9.98. The Morgan fingerprint density at radius 2 is 2.23 bits per heavy atom. The molecule has 4 rings (SSSR count).